The number of aromatic nitrogens is 3. The van der Waals surface area contributed by atoms with Crippen LogP contribution in [0.15, 0.2) is 24.4 Å². The molecule has 1 aromatic carbocycles. The normalized spacial score (nSPS) is 10.5. The highest BCUT2D eigenvalue weighted by Crippen LogP contribution is 2.12. The van der Waals surface area contributed by atoms with E-state index in [9.17, 15) is 13.6 Å². The van der Waals surface area contributed by atoms with Crippen LogP contribution < -0.4 is 0 Å². The van der Waals surface area contributed by atoms with Crippen LogP contribution in [0.3, 0.4) is 0 Å². The van der Waals surface area contributed by atoms with Crippen LogP contribution in [0.2, 0.25) is 0 Å². The van der Waals surface area contributed by atoms with E-state index in [4.69, 9.17) is 5.11 Å². The van der Waals surface area contributed by atoms with Gasteiger partial charge in [-0.25, -0.2) is 13.6 Å². The lowest BCUT2D eigenvalue weighted by Gasteiger charge is -2.03. The lowest BCUT2D eigenvalue weighted by atomic mass is 10.2. The van der Waals surface area contributed by atoms with E-state index in [1.54, 1.807) is 0 Å². The Morgan fingerprint density at radius 1 is 1.35 bits per heavy atom. The van der Waals surface area contributed by atoms with E-state index < -0.39 is 17.6 Å². The second-order valence-corrected chi connectivity index (χ2v) is 3.27. The smallest absolute Gasteiger partial charge is 0.358 e. The third-order valence-corrected chi connectivity index (χ3v) is 2.12. The van der Waals surface area contributed by atoms with Gasteiger partial charge in [0.1, 0.15) is 11.6 Å². The second-order valence-electron chi connectivity index (χ2n) is 3.27. The summed E-state index contributed by atoms with van der Waals surface area (Å²) in [6.07, 6.45) is 1.01. The molecule has 0 amide bonds. The van der Waals surface area contributed by atoms with Crippen molar-refractivity contribution in [3.8, 4) is 0 Å². The summed E-state index contributed by atoms with van der Waals surface area (Å²) in [5, 5.41) is 15.8. The quantitative estimate of drug-likeness (QED) is 0.876. The van der Waals surface area contributed by atoms with Gasteiger partial charge in [-0.1, -0.05) is 6.07 Å². The number of carbonyl (C=O) groups is 1. The van der Waals surface area contributed by atoms with Crippen molar-refractivity contribution < 1.29 is 18.7 Å². The summed E-state index contributed by atoms with van der Waals surface area (Å²) in [6, 6.07) is 3.47. The Morgan fingerprint density at radius 3 is 2.53 bits per heavy atom. The van der Waals surface area contributed by atoms with Crippen molar-refractivity contribution >= 4 is 5.97 Å². The summed E-state index contributed by atoms with van der Waals surface area (Å²) in [6.45, 7) is -0.258. The number of halogens is 2. The van der Waals surface area contributed by atoms with Gasteiger partial charge in [0.25, 0.3) is 0 Å². The maximum absolute atomic E-state index is 13.3. The zero-order valence-electron chi connectivity index (χ0n) is 8.47. The molecule has 1 heterocycles. The molecular formula is C10H7F2N3O2. The molecule has 17 heavy (non-hydrogen) atoms. The van der Waals surface area contributed by atoms with Gasteiger partial charge >= 0.3 is 5.97 Å². The van der Waals surface area contributed by atoms with Gasteiger partial charge in [0, 0.05) is 5.56 Å². The number of rotatable bonds is 3. The number of hydrogen-bond acceptors (Lipinski definition) is 3. The Hall–Kier alpha value is -2.31. The topological polar surface area (TPSA) is 68.0 Å². The monoisotopic (exact) mass is 239 g/mol. The lowest BCUT2D eigenvalue weighted by Crippen LogP contribution is -2.09. The SMILES string of the molecule is O=C(O)c1cnn(Cc2c(F)cccc2F)n1. The molecule has 0 fully saturated rings. The first-order chi connectivity index (χ1) is 8.08. The van der Waals surface area contributed by atoms with E-state index >= 15 is 0 Å². The molecule has 0 saturated carbocycles. The molecule has 0 saturated heterocycles. The second kappa shape index (κ2) is 4.28. The van der Waals surface area contributed by atoms with Gasteiger partial charge < -0.3 is 5.11 Å². The van der Waals surface area contributed by atoms with Crippen LogP contribution in [-0.4, -0.2) is 26.1 Å². The fourth-order valence-electron chi connectivity index (χ4n) is 1.30. The van der Waals surface area contributed by atoms with Gasteiger partial charge in [-0.05, 0) is 12.1 Å². The Bertz CT molecular complexity index is 548. The van der Waals surface area contributed by atoms with Crippen LogP contribution in [-0.2, 0) is 6.54 Å². The van der Waals surface area contributed by atoms with Crippen molar-refractivity contribution in [2.24, 2.45) is 0 Å². The highest BCUT2D eigenvalue weighted by molar-refractivity contribution is 5.84. The largest absolute Gasteiger partial charge is 0.476 e. The average Bonchev–Trinajstić information content (AvgIpc) is 2.72. The third-order valence-electron chi connectivity index (χ3n) is 2.12. The molecular weight excluding hydrogens is 232 g/mol. The Morgan fingerprint density at radius 2 is 2.00 bits per heavy atom. The molecule has 0 aliphatic heterocycles. The van der Waals surface area contributed by atoms with E-state index in [0.717, 1.165) is 23.1 Å². The standard InChI is InChI=1S/C10H7F2N3O2/c11-7-2-1-3-8(12)6(7)5-15-13-4-9(14-15)10(16)17/h1-4H,5H2,(H,16,17). The number of carboxylic acids is 1. The van der Waals surface area contributed by atoms with Gasteiger partial charge in [0.05, 0.1) is 12.7 Å². The van der Waals surface area contributed by atoms with Crippen molar-refractivity contribution in [3.05, 3.63) is 47.3 Å². The molecule has 0 spiro atoms. The molecule has 0 aliphatic carbocycles. The number of carboxylic acid groups (broad SMARTS) is 1. The van der Waals surface area contributed by atoms with Crippen molar-refractivity contribution in [2.75, 3.05) is 0 Å². The van der Waals surface area contributed by atoms with E-state index in [1.165, 1.54) is 6.07 Å². The highest BCUT2D eigenvalue weighted by atomic mass is 19.1. The van der Waals surface area contributed by atoms with Gasteiger partial charge in [-0.15, -0.1) is 5.10 Å². The van der Waals surface area contributed by atoms with Crippen LogP contribution in [0.25, 0.3) is 0 Å². The molecule has 1 aromatic heterocycles. The number of hydrogen-bond donors (Lipinski definition) is 1. The number of benzene rings is 1. The van der Waals surface area contributed by atoms with Crippen LogP contribution in [0.1, 0.15) is 16.1 Å². The van der Waals surface area contributed by atoms with Crippen molar-refractivity contribution in [1.82, 2.24) is 15.0 Å². The molecule has 0 unspecified atom stereocenters. The molecule has 0 atom stereocenters. The van der Waals surface area contributed by atoms with Crippen molar-refractivity contribution in [1.29, 1.82) is 0 Å². The summed E-state index contributed by atoms with van der Waals surface area (Å²) in [4.78, 5) is 11.5. The zero-order chi connectivity index (χ0) is 12.4. The fourth-order valence-corrected chi connectivity index (χ4v) is 1.30. The summed E-state index contributed by atoms with van der Waals surface area (Å²) in [5.74, 6) is -2.69. The molecule has 0 bridgehead atoms. The average molecular weight is 239 g/mol. The van der Waals surface area contributed by atoms with Crippen molar-refractivity contribution in [2.45, 2.75) is 6.54 Å². The summed E-state index contributed by atoms with van der Waals surface area (Å²) in [5.41, 5.74) is -0.484. The minimum absolute atomic E-state index is 0.208. The number of aromatic carboxylic acids is 1. The summed E-state index contributed by atoms with van der Waals surface area (Å²) in [7, 11) is 0. The molecule has 88 valence electrons. The van der Waals surface area contributed by atoms with Gasteiger partial charge in [0.15, 0.2) is 5.69 Å². The van der Waals surface area contributed by atoms with Crippen LogP contribution in [0, 0.1) is 11.6 Å². The Balaban J connectivity index is 2.28. The summed E-state index contributed by atoms with van der Waals surface area (Å²) >= 11 is 0. The molecule has 2 aromatic rings. The summed E-state index contributed by atoms with van der Waals surface area (Å²) < 4.78 is 26.6. The fraction of sp³-hybridized carbons (Fsp3) is 0.100. The first-order valence-corrected chi connectivity index (χ1v) is 4.64. The first-order valence-electron chi connectivity index (χ1n) is 4.64. The van der Waals surface area contributed by atoms with Crippen molar-refractivity contribution in [3.63, 3.8) is 0 Å². The molecule has 0 radical (unpaired) electrons. The van der Waals surface area contributed by atoms with E-state index in [1.807, 2.05) is 0 Å². The minimum atomic E-state index is -1.25. The predicted octanol–water partition coefficient (Wildman–Crippen LogP) is 1.30. The minimum Gasteiger partial charge on any atom is -0.476 e. The van der Waals surface area contributed by atoms with E-state index in [0.29, 0.717) is 0 Å². The lowest BCUT2D eigenvalue weighted by molar-refractivity contribution is 0.0689. The Labute approximate surface area is 94.3 Å². The molecule has 7 heteroatoms. The van der Waals surface area contributed by atoms with Gasteiger partial charge in [-0.2, -0.15) is 9.90 Å². The molecule has 2 rings (SSSR count). The molecule has 5 nitrogen and oxygen atoms in total. The highest BCUT2D eigenvalue weighted by Gasteiger charge is 2.12. The van der Waals surface area contributed by atoms with Crippen LogP contribution in [0.5, 0.6) is 0 Å². The zero-order valence-corrected chi connectivity index (χ0v) is 8.47. The first kappa shape index (κ1) is 11.2. The number of nitrogens with zero attached hydrogens (tertiary/aromatic N) is 3. The predicted molar refractivity (Wildman–Crippen MR) is 52.4 cm³/mol. The van der Waals surface area contributed by atoms with Gasteiger partial charge in [-0.3, -0.25) is 0 Å². The van der Waals surface area contributed by atoms with E-state index in [-0.39, 0.29) is 17.8 Å². The molecule has 0 aliphatic rings. The maximum Gasteiger partial charge on any atom is 0.358 e. The van der Waals surface area contributed by atoms with Gasteiger partial charge in [0.2, 0.25) is 0 Å². The van der Waals surface area contributed by atoms with Crippen LogP contribution >= 0.6 is 0 Å². The maximum atomic E-state index is 13.3. The molecule has 1 N–H and O–H groups in total. The van der Waals surface area contributed by atoms with Crippen LogP contribution in [0.4, 0.5) is 8.78 Å². The van der Waals surface area contributed by atoms with E-state index in [2.05, 4.69) is 10.2 Å². The third kappa shape index (κ3) is 2.27. The Kier molecular flexibility index (Phi) is 2.82.